The van der Waals surface area contributed by atoms with E-state index in [4.69, 9.17) is 9.47 Å². The van der Waals surface area contributed by atoms with Crippen molar-refractivity contribution < 1.29 is 14.3 Å². The summed E-state index contributed by atoms with van der Waals surface area (Å²) in [5, 5.41) is 2.78. The zero-order valence-electron chi connectivity index (χ0n) is 9.45. The molecule has 0 radical (unpaired) electrons. The van der Waals surface area contributed by atoms with Gasteiger partial charge in [0.2, 0.25) is 5.91 Å². The van der Waals surface area contributed by atoms with E-state index in [1.165, 1.54) is 6.92 Å². The number of hydrogen-bond donors (Lipinski definition) is 1. The van der Waals surface area contributed by atoms with Crippen LogP contribution in [0.3, 0.4) is 0 Å². The van der Waals surface area contributed by atoms with Crippen LogP contribution >= 0.6 is 0 Å². The maximum Gasteiger partial charge on any atom is 0.221 e. The van der Waals surface area contributed by atoms with Crippen LogP contribution in [0.1, 0.15) is 12.5 Å². The highest BCUT2D eigenvalue weighted by molar-refractivity contribution is 5.91. The number of benzene rings is 1. The molecule has 86 valence electrons. The van der Waals surface area contributed by atoms with Crippen molar-refractivity contribution in [2.24, 2.45) is 0 Å². The molecule has 1 fully saturated rings. The minimum Gasteiger partial charge on any atom is -0.489 e. The number of aryl methyl sites for hydroxylation is 1. The van der Waals surface area contributed by atoms with Crippen molar-refractivity contribution in [1.29, 1.82) is 0 Å². The highest BCUT2D eigenvalue weighted by atomic mass is 16.6. The number of para-hydroxylation sites is 1. The second-order valence-electron chi connectivity index (χ2n) is 3.90. The maximum atomic E-state index is 11.1. The van der Waals surface area contributed by atoms with Crippen molar-refractivity contribution in [2.75, 3.05) is 18.5 Å². The summed E-state index contributed by atoms with van der Waals surface area (Å²) in [6, 6.07) is 5.69. The van der Waals surface area contributed by atoms with E-state index < -0.39 is 0 Å². The fraction of sp³-hybridized carbons (Fsp3) is 0.417. The summed E-state index contributed by atoms with van der Waals surface area (Å²) in [7, 11) is 0. The molecule has 4 nitrogen and oxygen atoms in total. The SMILES string of the molecule is CC(=O)Nc1c(C)cccc1OCC1CO1. The Bertz CT molecular complexity index is 399. The number of amides is 1. The molecule has 1 aliphatic heterocycles. The topological polar surface area (TPSA) is 50.9 Å². The van der Waals surface area contributed by atoms with Gasteiger partial charge in [0.25, 0.3) is 0 Å². The third kappa shape index (κ3) is 2.73. The number of carbonyl (C=O) groups is 1. The van der Waals surface area contributed by atoms with E-state index in [2.05, 4.69) is 5.32 Å². The van der Waals surface area contributed by atoms with Gasteiger partial charge in [0, 0.05) is 6.92 Å². The van der Waals surface area contributed by atoms with Crippen LogP contribution < -0.4 is 10.1 Å². The molecule has 1 atom stereocenters. The Labute approximate surface area is 94.6 Å². The smallest absolute Gasteiger partial charge is 0.221 e. The maximum absolute atomic E-state index is 11.1. The minimum absolute atomic E-state index is 0.0955. The first kappa shape index (κ1) is 11.0. The average molecular weight is 221 g/mol. The Morgan fingerprint density at radius 3 is 3.00 bits per heavy atom. The lowest BCUT2D eigenvalue weighted by atomic mass is 10.2. The van der Waals surface area contributed by atoms with E-state index in [9.17, 15) is 4.79 Å². The van der Waals surface area contributed by atoms with Crippen molar-refractivity contribution >= 4 is 11.6 Å². The molecule has 2 rings (SSSR count). The fourth-order valence-corrected chi connectivity index (χ4v) is 1.44. The van der Waals surface area contributed by atoms with Crippen LogP contribution in [-0.2, 0) is 9.53 Å². The predicted molar refractivity (Wildman–Crippen MR) is 60.7 cm³/mol. The monoisotopic (exact) mass is 221 g/mol. The lowest BCUT2D eigenvalue weighted by Crippen LogP contribution is -2.11. The Morgan fingerprint density at radius 1 is 1.62 bits per heavy atom. The van der Waals surface area contributed by atoms with Crippen molar-refractivity contribution in [3.8, 4) is 5.75 Å². The fourth-order valence-electron chi connectivity index (χ4n) is 1.44. The molecule has 0 bridgehead atoms. The summed E-state index contributed by atoms with van der Waals surface area (Å²) in [6.45, 7) is 4.73. The number of hydrogen-bond acceptors (Lipinski definition) is 3. The van der Waals surface area contributed by atoms with E-state index in [0.29, 0.717) is 12.4 Å². The van der Waals surface area contributed by atoms with Crippen LogP contribution in [0.4, 0.5) is 5.69 Å². The summed E-state index contributed by atoms with van der Waals surface area (Å²) in [5.41, 5.74) is 1.74. The van der Waals surface area contributed by atoms with Crippen LogP contribution in [0.2, 0.25) is 0 Å². The first-order chi connectivity index (χ1) is 7.66. The summed E-state index contributed by atoms with van der Waals surface area (Å²) in [6.07, 6.45) is 0.214. The number of nitrogens with one attached hydrogen (secondary N) is 1. The van der Waals surface area contributed by atoms with Gasteiger partial charge in [-0.05, 0) is 18.6 Å². The normalized spacial score (nSPS) is 18.0. The van der Waals surface area contributed by atoms with Gasteiger partial charge in [-0.25, -0.2) is 0 Å². The molecule has 1 unspecified atom stereocenters. The predicted octanol–water partition coefficient (Wildman–Crippen LogP) is 1.73. The molecule has 0 saturated carbocycles. The number of ether oxygens (including phenoxy) is 2. The molecule has 1 aromatic rings. The van der Waals surface area contributed by atoms with Gasteiger partial charge < -0.3 is 14.8 Å². The molecule has 1 aliphatic rings. The minimum atomic E-state index is -0.0955. The van der Waals surface area contributed by atoms with Gasteiger partial charge >= 0.3 is 0 Å². The van der Waals surface area contributed by atoms with E-state index >= 15 is 0 Å². The van der Waals surface area contributed by atoms with Gasteiger partial charge in [-0.1, -0.05) is 12.1 Å². The molecule has 0 spiro atoms. The lowest BCUT2D eigenvalue weighted by Gasteiger charge is -2.13. The van der Waals surface area contributed by atoms with Crippen molar-refractivity contribution in [2.45, 2.75) is 20.0 Å². The van der Waals surface area contributed by atoms with Crippen LogP contribution in [0.5, 0.6) is 5.75 Å². The largest absolute Gasteiger partial charge is 0.489 e. The van der Waals surface area contributed by atoms with E-state index in [0.717, 1.165) is 17.9 Å². The summed E-state index contributed by atoms with van der Waals surface area (Å²) in [4.78, 5) is 11.1. The van der Waals surface area contributed by atoms with E-state index in [-0.39, 0.29) is 12.0 Å². The molecule has 1 amide bonds. The average Bonchev–Trinajstić information content (AvgIpc) is 3.02. The number of carbonyl (C=O) groups excluding carboxylic acids is 1. The zero-order valence-corrected chi connectivity index (χ0v) is 9.45. The molecule has 16 heavy (non-hydrogen) atoms. The van der Waals surface area contributed by atoms with Crippen LogP contribution in [-0.4, -0.2) is 25.2 Å². The van der Waals surface area contributed by atoms with Crippen molar-refractivity contribution in [1.82, 2.24) is 0 Å². The summed E-state index contributed by atoms with van der Waals surface area (Å²) < 4.78 is 10.7. The molecular weight excluding hydrogens is 206 g/mol. The lowest BCUT2D eigenvalue weighted by molar-refractivity contribution is -0.114. The number of epoxide rings is 1. The standard InChI is InChI=1S/C12H15NO3/c1-8-4-3-5-11(12(8)13-9(2)14)16-7-10-6-15-10/h3-5,10H,6-7H2,1-2H3,(H,13,14). The molecule has 4 heteroatoms. The molecule has 0 aliphatic carbocycles. The van der Waals surface area contributed by atoms with Gasteiger partial charge in [-0.3, -0.25) is 4.79 Å². The van der Waals surface area contributed by atoms with Crippen LogP contribution in [0.15, 0.2) is 18.2 Å². The van der Waals surface area contributed by atoms with E-state index in [1.54, 1.807) is 0 Å². The van der Waals surface area contributed by atoms with Crippen LogP contribution in [0.25, 0.3) is 0 Å². The molecule has 1 aromatic carbocycles. The third-order valence-corrected chi connectivity index (χ3v) is 2.36. The molecule has 1 heterocycles. The van der Waals surface area contributed by atoms with Crippen molar-refractivity contribution in [3.63, 3.8) is 0 Å². The van der Waals surface area contributed by atoms with Gasteiger partial charge in [-0.15, -0.1) is 0 Å². The number of anilines is 1. The second-order valence-corrected chi connectivity index (χ2v) is 3.90. The Morgan fingerprint density at radius 2 is 2.38 bits per heavy atom. The van der Waals surface area contributed by atoms with Crippen LogP contribution in [0, 0.1) is 6.92 Å². The highest BCUT2D eigenvalue weighted by Gasteiger charge is 2.23. The van der Waals surface area contributed by atoms with Crippen molar-refractivity contribution in [3.05, 3.63) is 23.8 Å². The zero-order chi connectivity index (χ0) is 11.5. The highest BCUT2D eigenvalue weighted by Crippen LogP contribution is 2.28. The molecule has 0 aromatic heterocycles. The third-order valence-electron chi connectivity index (χ3n) is 2.36. The van der Waals surface area contributed by atoms with Gasteiger partial charge in [0.15, 0.2) is 0 Å². The second kappa shape index (κ2) is 4.53. The molecule has 1 saturated heterocycles. The Hall–Kier alpha value is -1.55. The van der Waals surface area contributed by atoms with E-state index in [1.807, 2.05) is 25.1 Å². The summed E-state index contributed by atoms with van der Waals surface area (Å²) in [5.74, 6) is 0.604. The first-order valence-corrected chi connectivity index (χ1v) is 5.28. The Kier molecular flexibility index (Phi) is 3.10. The first-order valence-electron chi connectivity index (χ1n) is 5.28. The Balaban J connectivity index is 2.13. The summed E-state index contributed by atoms with van der Waals surface area (Å²) >= 11 is 0. The molecule has 1 N–H and O–H groups in total. The molecular formula is C12H15NO3. The van der Waals surface area contributed by atoms with Gasteiger partial charge in [0.1, 0.15) is 18.5 Å². The van der Waals surface area contributed by atoms with Gasteiger partial charge in [-0.2, -0.15) is 0 Å². The number of rotatable bonds is 4. The quantitative estimate of drug-likeness (QED) is 0.788. The van der Waals surface area contributed by atoms with Gasteiger partial charge in [0.05, 0.1) is 12.3 Å².